The third-order valence-electron chi connectivity index (χ3n) is 2.40. The van der Waals surface area contributed by atoms with Crippen LogP contribution in [0.25, 0.3) is 11.1 Å². The van der Waals surface area contributed by atoms with Crippen molar-refractivity contribution in [2.45, 2.75) is 6.92 Å². The topological polar surface area (TPSA) is 38.9 Å². The van der Waals surface area contributed by atoms with Crippen LogP contribution in [0, 0.1) is 6.92 Å². The van der Waals surface area contributed by atoms with Crippen LogP contribution >= 0.6 is 34.8 Å². The molecule has 2 rings (SSSR count). The quantitative estimate of drug-likeness (QED) is 0.779. The van der Waals surface area contributed by atoms with Crippen molar-refractivity contribution in [2.75, 3.05) is 5.73 Å². The van der Waals surface area contributed by atoms with Gasteiger partial charge in [0.1, 0.15) is 0 Å². The maximum absolute atomic E-state index is 5.99. The molecule has 0 spiro atoms. The molecule has 0 unspecified atom stereocenters. The zero-order valence-corrected chi connectivity index (χ0v) is 11.2. The highest BCUT2D eigenvalue weighted by atomic mass is 35.5. The molecule has 0 saturated carbocycles. The average Bonchev–Trinajstić information content (AvgIpc) is 2.28. The maximum Gasteiger partial charge on any atom is 0.0778 e. The minimum Gasteiger partial charge on any atom is -0.397 e. The summed E-state index contributed by atoms with van der Waals surface area (Å²) in [7, 11) is 0. The smallest absolute Gasteiger partial charge is 0.0778 e. The number of pyridine rings is 1. The van der Waals surface area contributed by atoms with Gasteiger partial charge in [0.25, 0.3) is 0 Å². The van der Waals surface area contributed by atoms with E-state index in [0.29, 0.717) is 20.8 Å². The fourth-order valence-corrected chi connectivity index (χ4v) is 2.15. The molecular weight excluding hydrogens is 279 g/mol. The lowest BCUT2D eigenvalue weighted by molar-refractivity contribution is 1.21. The van der Waals surface area contributed by atoms with Crippen LogP contribution in [-0.2, 0) is 0 Å². The van der Waals surface area contributed by atoms with Crippen molar-refractivity contribution in [3.63, 3.8) is 0 Å². The van der Waals surface area contributed by atoms with Crippen LogP contribution < -0.4 is 5.73 Å². The molecule has 1 aromatic carbocycles. The third-order valence-corrected chi connectivity index (χ3v) is 3.60. The fourth-order valence-electron chi connectivity index (χ4n) is 1.55. The van der Waals surface area contributed by atoms with Crippen molar-refractivity contribution in [1.29, 1.82) is 0 Å². The van der Waals surface area contributed by atoms with Gasteiger partial charge in [-0.2, -0.15) is 0 Å². The molecule has 5 heteroatoms. The number of benzene rings is 1. The monoisotopic (exact) mass is 286 g/mol. The summed E-state index contributed by atoms with van der Waals surface area (Å²) in [6.07, 6.45) is 1.61. The van der Waals surface area contributed by atoms with Gasteiger partial charge in [0, 0.05) is 11.3 Å². The van der Waals surface area contributed by atoms with Gasteiger partial charge in [0.05, 0.1) is 27.0 Å². The second-order valence-electron chi connectivity index (χ2n) is 3.66. The molecule has 2 nitrogen and oxygen atoms in total. The molecule has 0 saturated heterocycles. The second kappa shape index (κ2) is 4.73. The molecule has 17 heavy (non-hydrogen) atoms. The van der Waals surface area contributed by atoms with E-state index in [1.165, 1.54) is 0 Å². The maximum atomic E-state index is 5.99. The zero-order valence-electron chi connectivity index (χ0n) is 8.97. The average molecular weight is 288 g/mol. The second-order valence-corrected chi connectivity index (χ2v) is 4.85. The van der Waals surface area contributed by atoms with Crippen molar-refractivity contribution < 1.29 is 0 Å². The number of aromatic nitrogens is 1. The van der Waals surface area contributed by atoms with E-state index >= 15 is 0 Å². The summed E-state index contributed by atoms with van der Waals surface area (Å²) in [5.74, 6) is 0. The van der Waals surface area contributed by atoms with Crippen LogP contribution in [0.4, 0.5) is 5.69 Å². The Kier molecular flexibility index (Phi) is 3.48. The van der Waals surface area contributed by atoms with E-state index in [9.17, 15) is 0 Å². The molecule has 0 aliphatic rings. The first-order chi connectivity index (χ1) is 7.99. The number of hydrogen-bond acceptors (Lipinski definition) is 2. The Balaban J connectivity index is 2.64. The number of anilines is 1. The predicted octanol–water partition coefficient (Wildman–Crippen LogP) is 4.60. The van der Waals surface area contributed by atoms with E-state index in [-0.39, 0.29) is 0 Å². The molecule has 88 valence electrons. The van der Waals surface area contributed by atoms with Crippen molar-refractivity contribution in [1.82, 2.24) is 4.98 Å². The Bertz CT molecular complexity index is 559. The van der Waals surface area contributed by atoms with Crippen LogP contribution in [0.1, 0.15) is 5.69 Å². The van der Waals surface area contributed by atoms with Gasteiger partial charge in [-0.25, -0.2) is 0 Å². The highest BCUT2D eigenvalue weighted by Gasteiger charge is 2.10. The summed E-state index contributed by atoms with van der Waals surface area (Å²) >= 11 is 17.9. The Morgan fingerprint density at radius 1 is 1.06 bits per heavy atom. The van der Waals surface area contributed by atoms with Crippen LogP contribution in [-0.4, -0.2) is 4.98 Å². The Hall–Kier alpha value is -0.960. The van der Waals surface area contributed by atoms with Crippen molar-refractivity contribution >= 4 is 40.5 Å². The highest BCUT2D eigenvalue weighted by Crippen LogP contribution is 2.36. The van der Waals surface area contributed by atoms with Crippen LogP contribution in [0.2, 0.25) is 15.1 Å². The first kappa shape index (κ1) is 12.5. The standard InChI is InChI=1S/C12H9Cl3N2/c1-6-9(4-8(16)5-17-6)7-2-10(13)12(15)11(14)3-7/h2-5H,16H2,1H3. The summed E-state index contributed by atoms with van der Waals surface area (Å²) < 4.78 is 0. The first-order valence-corrected chi connectivity index (χ1v) is 5.99. The molecule has 0 fully saturated rings. The molecule has 1 heterocycles. The Labute approximate surface area is 114 Å². The zero-order chi connectivity index (χ0) is 12.6. The number of rotatable bonds is 1. The van der Waals surface area contributed by atoms with E-state index in [0.717, 1.165) is 16.8 Å². The number of halogens is 3. The van der Waals surface area contributed by atoms with Gasteiger partial charge in [0.2, 0.25) is 0 Å². The number of hydrogen-bond donors (Lipinski definition) is 1. The lowest BCUT2D eigenvalue weighted by atomic mass is 10.0. The summed E-state index contributed by atoms with van der Waals surface area (Å²) in [6.45, 7) is 1.89. The van der Waals surface area contributed by atoms with Crippen LogP contribution in [0.5, 0.6) is 0 Å². The third kappa shape index (κ3) is 2.49. The normalized spacial score (nSPS) is 10.6. The largest absolute Gasteiger partial charge is 0.397 e. The van der Waals surface area contributed by atoms with Gasteiger partial charge < -0.3 is 5.73 Å². The first-order valence-electron chi connectivity index (χ1n) is 4.86. The fraction of sp³-hybridized carbons (Fsp3) is 0.0833. The van der Waals surface area contributed by atoms with E-state index in [4.69, 9.17) is 40.5 Å². The van der Waals surface area contributed by atoms with Crippen molar-refractivity contribution in [2.24, 2.45) is 0 Å². The predicted molar refractivity (Wildman–Crippen MR) is 73.9 cm³/mol. The number of nitrogens with two attached hydrogens (primary N) is 1. The van der Waals surface area contributed by atoms with E-state index in [2.05, 4.69) is 4.98 Å². The number of nitrogen functional groups attached to an aromatic ring is 1. The van der Waals surface area contributed by atoms with E-state index in [1.807, 2.05) is 13.0 Å². The van der Waals surface area contributed by atoms with Gasteiger partial charge in [-0.3, -0.25) is 4.98 Å². The molecule has 2 aromatic rings. The molecule has 0 bridgehead atoms. The van der Waals surface area contributed by atoms with Crippen molar-refractivity contribution in [3.05, 3.63) is 45.2 Å². The van der Waals surface area contributed by atoms with Gasteiger partial charge in [-0.1, -0.05) is 34.8 Å². The van der Waals surface area contributed by atoms with Gasteiger partial charge >= 0.3 is 0 Å². The lowest BCUT2D eigenvalue weighted by Crippen LogP contribution is -1.92. The van der Waals surface area contributed by atoms with Crippen LogP contribution in [0.15, 0.2) is 24.4 Å². The Morgan fingerprint density at radius 3 is 2.24 bits per heavy atom. The van der Waals surface area contributed by atoms with Gasteiger partial charge in [0.15, 0.2) is 0 Å². The summed E-state index contributed by atoms with van der Waals surface area (Å²) in [5.41, 5.74) is 8.90. The highest BCUT2D eigenvalue weighted by molar-refractivity contribution is 6.48. The van der Waals surface area contributed by atoms with Crippen molar-refractivity contribution in [3.8, 4) is 11.1 Å². The molecule has 0 radical (unpaired) electrons. The van der Waals surface area contributed by atoms with Gasteiger partial charge in [-0.05, 0) is 30.7 Å². The SMILES string of the molecule is Cc1ncc(N)cc1-c1cc(Cl)c(Cl)c(Cl)c1. The summed E-state index contributed by atoms with van der Waals surface area (Å²) in [6, 6.07) is 5.33. The molecule has 0 atom stereocenters. The van der Waals surface area contributed by atoms with E-state index < -0.39 is 0 Å². The van der Waals surface area contributed by atoms with Gasteiger partial charge in [-0.15, -0.1) is 0 Å². The molecule has 0 aliphatic heterocycles. The molecular formula is C12H9Cl3N2. The van der Waals surface area contributed by atoms with Crippen LogP contribution in [0.3, 0.4) is 0 Å². The number of nitrogens with zero attached hydrogens (tertiary/aromatic N) is 1. The summed E-state index contributed by atoms with van der Waals surface area (Å²) in [5, 5.41) is 1.18. The molecule has 1 aromatic heterocycles. The molecule has 2 N–H and O–H groups in total. The Morgan fingerprint density at radius 2 is 1.65 bits per heavy atom. The minimum absolute atomic E-state index is 0.353. The number of aryl methyl sites for hydroxylation is 1. The summed E-state index contributed by atoms with van der Waals surface area (Å²) in [4.78, 5) is 4.19. The molecule has 0 amide bonds. The lowest BCUT2D eigenvalue weighted by Gasteiger charge is -2.08. The van der Waals surface area contributed by atoms with E-state index in [1.54, 1.807) is 18.3 Å². The molecule has 0 aliphatic carbocycles. The minimum atomic E-state index is 0.353.